The van der Waals surface area contributed by atoms with Crippen molar-refractivity contribution < 1.29 is 4.79 Å². The minimum absolute atomic E-state index is 0.210. The Bertz CT molecular complexity index is 226. The second-order valence-electron chi connectivity index (χ2n) is 5.23. The Morgan fingerprint density at radius 1 is 1.29 bits per heavy atom. The van der Waals surface area contributed by atoms with Gasteiger partial charge in [0.2, 0.25) is 5.91 Å². The number of carbonyl (C=O) groups is 1. The summed E-state index contributed by atoms with van der Waals surface area (Å²) in [6.45, 7) is 4.29. The number of rotatable bonds is 7. The van der Waals surface area contributed by atoms with Gasteiger partial charge in [0.05, 0.1) is 0 Å². The Morgan fingerprint density at radius 3 is 2.47 bits per heavy atom. The monoisotopic (exact) mass is 259 g/mol. The summed E-state index contributed by atoms with van der Waals surface area (Å²) < 4.78 is 0. The first-order valence-corrected chi connectivity index (χ1v) is 7.62. The molecular weight excluding hydrogens is 234 g/mol. The van der Waals surface area contributed by atoms with E-state index in [1.54, 1.807) is 0 Å². The fraction of sp³-hybridized carbons (Fsp3) is 0.929. The van der Waals surface area contributed by atoms with Crippen LogP contribution in [-0.4, -0.2) is 17.8 Å². The van der Waals surface area contributed by atoms with E-state index in [-0.39, 0.29) is 11.8 Å². The van der Waals surface area contributed by atoms with E-state index in [9.17, 15) is 4.79 Å². The summed E-state index contributed by atoms with van der Waals surface area (Å²) in [5.74, 6) is 1.64. The number of halogens is 1. The zero-order valence-corrected chi connectivity index (χ0v) is 11.9. The van der Waals surface area contributed by atoms with Crippen LogP contribution < -0.4 is 5.32 Å². The number of nitrogens with one attached hydrogen (secondary N) is 1. The quantitative estimate of drug-likeness (QED) is 0.694. The van der Waals surface area contributed by atoms with Gasteiger partial charge in [-0.1, -0.05) is 33.1 Å². The predicted octanol–water partition coefficient (Wildman–Crippen LogP) is 3.73. The largest absolute Gasteiger partial charge is 0.353 e. The lowest BCUT2D eigenvalue weighted by atomic mass is 9.96. The first-order chi connectivity index (χ1) is 8.22. The molecule has 0 aliphatic heterocycles. The Balaban J connectivity index is 2.44. The molecule has 1 aliphatic rings. The van der Waals surface area contributed by atoms with Gasteiger partial charge in [0, 0.05) is 17.8 Å². The molecule has 1 aliphatic carbocycles. The number of hydrogen-bond donors (Lipinski definition) is 1. The lowest BCUT2D eigenvalue weighted by molar-refractivity contribution is -0.126. The van der Waals surface area contributed by atoms with Gasteiger partial charge in [0.25, 0.3) is 0 Å². The maximum absolute atomic E-state index is 12.2. The number of hydrogen-bond acceptors (Lipinski definition) is 1. The highest BCUT2D eigenvalue weighted by molar-refractivity contribution is 6.18. The van der Waals surface area contributed by atoms with Gasteiger partial charge in [-0.15, -0.1) is 11.6 Å². The van der Waals surface area contributed by atoms with Crippen LogP contribution in [-0.2, 0) is 4.79 Å². The summed E-state index contributed by atoms with van der Waals surface area (Å²) in [6.07, 6.45) is 7.67. The second kappa shape index (κ2) is 7.97. The Kier molecular flexibility index (Phi) is 6.94. The average molecular weight is 260 g/mol. The Morgan fingerprint density at radius 2 is 1.94 bits per heavy atom. The van der Waals surface area contributed by atoms with Crippen LogP contribution >= 0.6 is 11.6 Å². The molecule has 2 nitrogen and oxygen atoms in total. The lowest BCUT2D eigenvalue weighted by Crippen LogP contribution is -2.41. The van der Waals surface area contributed by atoms with E-state index in [1.165, 1.54) is 12.8 Å². The molecule has 0 radical (unpaired) electrons. The van der Waals surface area contributed by atoms with E-state index in [0.717, 1.165) is 32.1 Å². The summed E-state index contributed by atoms with van der Waals surface area (Å²) in [5, 5.41) is 3.23. The number of alkyl halides is 1. The zero-order chi connectivity index (χ0) is 12.7. The highest BCUT2D eigenvalue weighted by atomic mass is 35.5. The molecule has 1 rings (SSSR count). The van der Waals surface area contributed by atoms with E-state index in [2.05, 4.69) is 19.2 Å². The van der Waals surface area contributed by atoms with Gasteiger partial charge in [-0.05, 0) is 31.6 Å². The van der Waals surface area contributed by atoms with Crippen molar-refractivity contribution in [1.82, 2.24) is 5.32 Å². The van der Waals surface area contributed by atoms with E-state index in [4.69, 9.17) is 11.6 Å². The van der Waals surface area contributed by atoms with Gasteiger partial charge in [-0.25, -0.2) is 0 Å². The maximum Gasteiger partial charge on any atom is 0.223 e. The van der Waals surface area contributed by atoms with Gasteiger partial charge in [-0.2, -0.15) is 0 Å². The molecule has 0 spiro atoms. The molecule has 1 saturated carbocycles. The van der Waals surface area contributed by atoms with Crippen molar-refractivity contribution in [1.29, 1.82) is 0 Å². The molecule has 0 aromatic rings. The zero-order valence-electron chi connectivity index (χ0n) is 11.2. The van der Waals surface area contributed by atoms with Gasteiger partial charge >= 0.3 is 0 Å². The third-order valence-electron chi connectivity index (χ3n) is 3.83. The fourth-order valence-electron chi connectivity index (χ4n) is 2.82. The average Bonchev–Trinajstić information content (AvgIpc) is 2.76. The van der Waals surface area contributed by atoms with E-state index >= 15 is 0 Å². The normalized spacial score (nSPS) is 24.2. The van der Waals surface area contributed by atoms with Gasteiger partial charge in [0.15, 0.2) is 0 Å². The molecule has 2 atom stereocenters. The molecule has 0 aromatic heterocycles. The summed E-state index contributed by atoms with van der Waals surface area (Å²) in [5.41, 5.74) is 0. The molecule has 0 heterocycles. The van der Waals surface area contributed by atoms with Crippen LogP contribution in [0, 0.1) is 11.8 Å². The molecule has 0 bridgehead atoms. The van der Waals surface area contributed by atoms with Crippen molar-refractivity contribution >= 4 is 17.5 Å². The minimum atomic E-state index is 0.210. The summed E-state index contributed by atoms with van der Waals surface area (Å²) >= 11 is 5.94. The van der Waals surface area contributed by atoms with Crippen LogP contribution in [0.3, 0.4) is 0 Å². The number of carbonyl (C=O) groups excluding carboxylic acids is 1. The third-order valence-corrected chi connectivity index (χ3v) is 4.23. The van der Waals surface area contributed by atoms with E-state index < -0.39 is 0 Å². The van der Waals surface area contributed by atoms with Crippen molar-refractivity contribution in [2.75, 3.05) is 5.88 Å². The predicted molar refractivity (Wildman–Crippen MR) is 73.3 cm³/mol. The number of amides is 1. The topological polar surface area (TPSA) is 29.1 Å². The van der Waals surface area contributed by atoms with Crippen LogP contribution in [0.5, 0.6) is 0 Å². The van der Waals surface area contributed by atoms with Crippen LogP contribution in [0.4, 0.5) is 0 Å². The van der Waals surface area contributed by atoms with Gasteiger partial charge in [-0.3, -0.25) is 4.79 Å². The lowest BCUT2D eigenvalue weighted by Gasteiger charge is -2.22. The van der Waals surface area contributed by atoms with Gasteiger partial charge in [0.1, 0.15) is 0 Å². The van der Waals surface area contributed by atoms with E-state index in [0.29, 0.717) is 17.8 Å². The third kappa shape index (κ3) is 4.50. The first kappa shape index (κ1) is 14.8. The Hall–Kier alpha value is -0.240. The van der Waals surface area contributed by atoms with Gasteiger partial charge < -0.3 is 5.32 Å². The van der Waals surface area contributed by atoms with Crippen molar-refractivity contribution in [2.45, 2.75) is 64.8 Å². The fourth-order valence-corrected chi connectivity index (χ4v) is 3.18. The second-order valence-corrected chi connectivity index (χ2v) is 5.54. The summed E-state index contributed by atoms with van der Waals surface area (Å²) in [7, 11) is 0. The van der Waals surface area contributed by atoms with Crippen LogP contribution in [0.15, 0.2) is 0 Å². The molecule has 1 N–H and O–H groups in total. The highest BCUT2D eigenvalue weighted by Crippen LogP contribution is 2.27. The molecule has 100 valence electrons. The molecular formula is C14H26ClNO. The SMILES string of the molecule is CCCC(CCC)C(=O)NC1CCCC1CCl. The smallest absolute Gasteiger partial charge is 0.223 e. The van der Waals surface area contributed by atoms with Crippen LogP contribution in [0.1, 0.15) is 58.8 Å². The summed E-state index contributed by atoms with van der Waals surface area (Å²) in [4.78, 5) is 12.2. The van der Waals surface area contributed by atoms with Crippen molar-refractivity contribution in [3.63, 3.8) is 0 Å². The van der Waals surface area contributed by atoms with Crippen LogP contribution in [0.2, 0.25) is 0 Å². The van der Waals surface area contributed by atoms with Crippen molar-refractivity contribution in [3.05, 3.63) is 0 Å². The molecule has 2 unspecified atom stereocenters. The molecule has 1 fully saturated rings. The van der Waals surface area contributed by atoms with Crippen molar-refractivity contribution in [3.8, 4) is 0 Å². The van der Waals surface area contributed by atoms with Crippen LogP contribution in [0.25, 0.3) is 0 Å². The molecule has 0 saturated heterocycles. The molecule has 1 amide bonds. The molecule has 17 heavy (non-hydrogen) atoms. The molecule has 3 heteroatoms. The molecule has 0 aromatic carbocycles. The minimum Gasteiger partial charge on any atom is -0.353 e. The summed E-state index contributed by atoms with van der Waals surface area (Å²) in [6, 6.07) is 0.330. The first-order valence-electron chi connectivity index (χ1n) is 7.09. The highest BCUT2D eigenvalue weighted by Gasteiger charge is 2.29. The van der Waals surface area contributed by atoms with Crippen molar-refractivity contribution in [2.24, 2.45) is 11.8 Å². The standard InChI is InChI=1S/C14H26ClNO/c1-3-6-11(7-4-2)14(17)16-13-9-5-8-12(13)10-15/h11-13H,3-10H2,1-2H3,(H,16,17). The van der Waals surface area contributed by atoms with E-state index in [1.807, 2.05) is 0 Å². The Labute approximate surface area is 110 Å². The maximum atomic E-state index is 12.2.